The predicted octanol–water partition coefficient (Wildman–Crippen LogP) is 1.48. The van der Waals surface area contributed by atoms with Crippen LogP contribution in [-0.2, 0) is 0 Å². The molecule has 0 spiro atoms. The van der Waals surface area contributed by atoms with Gasteiger partial charge in [-0.25, -0.2) is 5.43 Å². The molecule has 1 heterocycles. The fourth-order valence-corrected chi connectivity index (χ4v) is 2.54. The van der Waals surface area contributed by atoms with Gasteiger partial charge in [0.1, 0.15) is 24.0 Å². The Morgan fingerprint density at radius 1 is 0.964 bits per heavy atom. The van der Waals surface area contributed by atoms with Gasteiger partial charge < -0.3 is 24.8 Å². The summed E-state index contributed by atoms with van der Waals surface area (Å²) >= 11 is 0. The number of nitrogens with one attached hydrogen (secondary N) is 1. The molecule has 8 nitrogen and oxygen atoms in total. The van der Waals surface area contributed by atoms with E-state index in [1.165, 1.54) is 0 Å². The van der Waals surface area contributed by atoms with E-state index < -0.39 is 24.9 Å². The van der Waals surface area contributed by atoms with E-state index in [0.29, 0.717) is 11.5 Å². The smallest absolute Gasteiger partial charge is 0.316 e. The van der Waals surface area contributed by atoms with Crippen LogP contribution in [-0.4, -0.2) is 56.5 Å². The van der Waals surface area contributed by atoms with Crippen molar-refractivity contribution >= 4 is 12.2 Å². The number of benzene rings is 2. The molecule has 0 saturated carbocycles. The van der Waals surface area contributed by atoms with Crippen molar-refractivity contribution in [2.24, 2.45) is 5.10 Å². The minimum Gasteiger partial charge on any atom is -0.422 e. The lowest BCUT2D eigenvalue weighted by molar-refractivity contribution is -0.0541. The van der Waals surface area contributed by atoms with Crippen LogP contribution in [0, 0.1) is 0 Å². The van der Waals surface area contributed by atoms with Crippen LogP contribution in [0.15, 0.2) is 70.2 Å². The molecule has 0 bridgehead atoms. The molecule has 0 aliphatic carbocycles. The van der Waals surface area contributed by atoms with E-state index in [0.717, 1.165) is 17.3 Å². The lowest BCUT2D eigenvalue weighted by Gasteiger charge is -2.17. The monoisotopic (exact) mass is 383 g/mol. The highest BCUT2D eigenvalue weighted by molar-refractivity contribution is 5.78. The van der Waals surface area contributed by atoms with Gasteiger partial charge in [0.25, 0.3) is 0 Å². The number of aliphatic hydroxyl groups is 4. The Labute approximate surface area is 161 Å². The highest BCUT2D eigenvalue weighted by Crippen LogP contribution is 2.34. The zero-order valence-corrected chi connectivity index (χ0v) is 14.9. The minimum atomic E-state index is -1.57. The largest absolute Gasteiger partial charge is 0.422 e. The highest BCUT2D eigenvalue weighted by Gasteiger charge is 2.22. The zero-order chi connectivity index (χ0) is 19.9. The van der Waals surface area contributed by atoms with Gasteiger partial charge in [-0.1, -0.05) is 60.7 Å². The van der Waals surface area contributed by atoms with Crippen molar-refractivity contribution in [3.8, 4) is 22.6 Å². The number of aromatic nitrogens is 1. The van der Waals surface area contributed by atoms with E-state index in [4.69, 9.17) is 9.52 Å². The van der Waals surface area contributed by atoms with E-state index in [2.05, 4.69) is 15.5 Å². The number of hydrogen-bond acceptors (Lipinski definition) is 8. The number of rotatable bonds is 8. The Bertz CT molecular complexity index is 842. The number of hydrogen-bond donors (Lipinski definition) is 5. The van der Waals surface area contributed by atoms with Crippen LogP contribution in [0.1, 0.15) is 0 Å². The second-order valence-electron chi connectivity index (χ2n) is 6.05. The van der Waals surface area contributed by atoms with E-state index in [9.17, 15) is 15.3 Å². The molecule has 0 radical (unpaired) electrons. The van der Waals surface area contributed by atoms with Crippen LogP contribution >= 0.6 is 0 Å². The first-order valence-corrected chi connectivity index (χ1v) is 8.66. The third kappa shape index (κ3) is 4.62. The molecule has 0 aliphatic rings. The van der Waals surface area contributed by atoms with Gasteiger partial charge in [0.15, 0.2) is 5.76 Å². The molecule has 3 rings (SSSR count). The molecule has 3 atom stereocenters. The molecule has 0 unspecified atom stereocenters. The molecule has 8 heteroatoms. The Morgan fingerprint density at radius 3 is 2.18 bits per heavy atom. The molecule has 146 valence electrons. The van der Waals surface area contributed by atoms with Gasteiger partial charge in [0.2, 0.25) is 0 Å². The maximum Gasteiger partial charge on any atom is 0.316 e. The predicted molar refractivity (Wildman–Crippen MR) is 105 cm³/mol. The second kappa shape index (κ2) is 9.25. The van der Waals surface area contributed by atoms with Crippen LogP contribution in [0.4, 0.5) is 6.01 Å². The number of nitrogens with zero attached hydrogens (tertiary/aromatic N) is 2. The molecule has 0 fully saturated rings. The van der Waals surface area contributed by atoms with Gasteiger partial charge in [-0.3, -0.25) is 0 Å². The molecule has 5 N–H and O–H groups in total. The molecule has 2 aromatic carbocycles. The third-order valence-corrected chi connectivity index (χ3v) is 4.03. The summed E-state index contributed by atoms with van der Waals surface area (Å²) in [7, 11) is 0. The molecule has 0 aliphatic heterocycles. The van der Waals surface area contributed by atoms with E-state index in [1.807, 2.05) is 60.7 Å². The summed E-state index contributed by atoms with van der Waals surface area (Å²) in [6.07, 6.45) is -3.54. The Kier molecular flexibility index (Phi) is 6.51. The van der Waals surface area contributed by atoms with Gasteiger partial charge in [-0.2, -0.15) is 10.1 Å². The van der Waals surface area contributed by atoms with Crippen LogP contribution in [0.25, 0.3) is 22.6 Å². The molecule has 0 saturated heterocycles. The van der Waals surface area contributed by atoms with Gasteiger partial charge >= 0.3 is 6.01 Å². The number of anilines is 1. The Hall–Kier alpha value is -3.04. The quantitative estimate of drug-likeness (QED) is 0.294. The molecule has 1 aromatic heterocycles. The molecular weight excluding hydrogens is 362 g/mol. The van der Waals surface area contributed by atoms with Crippen LogP contribution in [0.3, 0.4) is 0 Å². The Morgan fingerprint density at radius 2 is 1.57 bits per heavy atom. The minimum absolute atomic E-state index is 0.0957. The van der Waals surface area contributed by atoms with E-state index in [1.54, 1.807) is 0 Å². The third-order valence-electron chi connectivity index (χ3n) is 4.03. The summed E-state index contributed by atoms with van der Waals surface area (Å²) in [6.45, 7) is -0.680. The van der Waals surface area contributed by atoms with E-state index >= 15 is 0 Å². The number of oxazole rings is 1. The highest BCUT2D eigenvalue weighted by atomic mass is 16.4. The van der Waals surface area contributed by atoms with Crippen molar-refractivity contribution < 1.29 is 24.8 Å². The normalized spacial score (nSPS) is 14.7. The maximum atomic E-state index is 9.75. The Balaban J connectivity index is 1.83. The molecule has 28 heavy (non-hydrogen) atoms. The van der Waals surface area contributed by atoms with E-state index in [-0.39, 0.29) is 6.01 Å². The van der Waals surface area contributed by atoms with Crippen molar-refractivity contribution in [3.05, 3.63) is 60.7 Å². The van der Waals surface area contributed by atoms with Gasteiger partial charge in [0.05, 0.1) is 12.8 Å². The fraction of sp³-hybridized carbons (Fsp3) is 0.200. The van der Waals surface area contributed by atoms with Crippen LogP contribution in [0.5, 0.6) is 0 Å². The van der Waals surface area contributed by atoms with Crippen LogP contribution < -0.4 is 5.43 Å². The van der Waals surface area contributed by atoms with Gasteiger partial charge in [0, 0.05) is 11.1 Å². The summed E-state index contributed by atoms with van der Waals surface area (Å²) in [5, 5.41) is 41.3. The SMILES string of the molecule is OC[C@@H](O)[C@H](O)[C@@H](O)/C=N/Nc1nc(-c2ccccc2)c(-c2ccccc2)o1. The molecule has 0 amide bonds. The first kappa shape index (κ1) is 19.7. The number of hydrazone groups is 1. The summed E-state index contributed by atoms with van der Waals surface area (Å²) in [4.78, 5) is 4.42. The van der Waals surface area contributed by atoms with Gasteiger partial charge in [-0.15, -0.1) is 0 Å². The average Bonchev–Trinajstić information content (AvgIpc) is 3.18. The van der Waals surface area contributed by atoms with Crippen molar-refractivity contribution in [2.75, 3.05) is 12.0 Å². The molecule has 3 aromatic rings. The maximum absolute atomic E-state index is 9.75. The van der Waals surface area contributed by atoms with Crippen molar-refractivity contribution in [3.63, 3.8) is 0 Å². The first-order valence-electron chi connectivity index (χ1n) is 8.66. The topological polar surface area (TPSA) is 131 Å². The van der Waals surface area contributed by atoms with Crippen LogP contribution in [0.2, 0.25) is 0 Å². The first-order chi connectivity index (χ1) is 13.6. The zero-order valence-electron chi connectivity index (χ0n) is 14.9. The summed E-state index contributed by atoms with van der Waals surface area (Å²) in [6, 6.07) is 19.1. The molecular formula is C20H21N3O5. The fourth-order valence-electron chi connectivity index (χ4n) is 2.54. The summed E-state index contributed by atoms with van der Waals surface area (Å²) < 4.78 is 5.80. The standard InChI is InChI=1S/C20H21N3O5/c24-12-16(26)18(27)15(25)11-21-23-20-22-17(13-7-3-1-4-8-13)19(28-20)14-9-5-2-6-10-14/h1-11,15-16,18,24-27H,12H2,(H,22,23)/b21-11+/t15-,16+,18+/m0/s1. The number of aliphatic hydroxyl groups excluding tert-OH is 4. The summed E-state index contributed by atoms with van der Waals surface area (Å²) in [5.41, 5.74) is 4.89. The second-order valence-corrected chi connectivity index (χ2v) is 6.05. The van der Waals surface area contributed by atoms with Crippen molar-refractivity contribution in [1.29, 1.82) is 0 Å². The van der Waals surface area contributed by atoms with Gasteiger partial charge in [-0.05, 0) is 0 Å². The van der Waals surface area contributed by atoms with Crippen molar-refractivity contribution in [1.82, 2.24) is 4.98 Å². The average molecular weight is 383 g/mol. The lowest BCUT2D eigenvalue weighted by Crippen LogP contribution is -2.40. The summed E-state index contributed by atoms with van der Waals surface area (Å²) in [5.74, 6) is 0.556. The lowest BCUT2D eigenvalue weighted by atomic mass is 10.1. The van der Waals surface area contributed by atoms with Crippen molar-refractivity contribution in [2.45, 2.75) is 18.3 Å².